The van der Waals surface area contributed by atoms with Crippen LogP contribution in [0.4, 0.5) is 0 Å². The molecule has 0 aromatic carbocycles. The topological polar surface area (TPSA) is 61.3 Å². The summed E-state index contributed by atoms with van der Waals surface area (Å²) in [6, 6.07) is 0. The fraction of sp³-hybridized carbons (Fsp3) is 0.833. The van der Waals surface area contributed by atoms with Crippen LogP contribution in [0.15, 0.2) is 0 Å². The van der Waals surface area contributed by atoms with E-state index in [0.29, 0.717) is 5.02 Å². The molecule has 3 N–H and O–H groups in total. The van der Waals surface area contributed by atoms with Gasteiger partial charge in [0.2, 0.25) is 0 Å². The fourth-order valence-electron chi connectivity index (χ4n) is 0.413. The van der Waals surface area contributed by atoms with Crippen molar-refractivity contribution in [1.82, 2.24) is 6.15 Å². The van der Waals surface area contributed by atoms with Gasteiger partial charge in [-0.05, 0) is 0 Å². The monoisotopic (exact) mass is 277 g/mol. The van der Waals surface area contributed by atoms with Gasteiger partial charge in [0.1, 0.15) is 0 Å². The Balaban J connectivity index is -0.000000320. The van der Waals surface area contributed by atoms with E-state index >= 15 is 0 Å². The zero-order valence-electron chi connectivity index (χ0n) is 7.42. The molecule has 0 atom stereocenters. The van der Waals surface area contributed by atoms with E-state index in [9.17, 15) is 4.79 Å². The third-order valence-corrected chi connectivity index (χ3v) is 4.01. The molecule has 0 saturated heterocycles. The van der Waals surface area contributed by atoms with Crippen LogP contribution in [-0.2, 0) is 25.8 Å². The van der Waals surface area contributed by atoms with E-state index in [2.05, 4.69) is 0 Å². The summed E-state index contributed by atoms with van der Waals surface area (Å²) >= 11 is -0.944. The molecule has 0 radical (unpaired) electrons. The van der Waals surface area contributed by atoms with Gasteiger partial charge in [-0.15, -0.1) is 17.0 Å². The van der Waals surface area contributed by atoms with E-state index in [1.54, 1.807) is 0 Å². The van der Waals surface area contributed by atoms with Crippen LogP contribution in [0.1, 0.15) is 20.8 Å². The van der Waals surface area contributed by atoms with Crippen molar-refractivity contribution in [3.8, 4) is 0 Å². The van der Waals surface area contributed by atoms with Crippen molar-refractivity contribution in [3.05, 3.63) is 0 Å². The molecule has 0 aliphatic rings. The number of rotatable bonds is 3. The van der Waals surface area contributed by atoms with Gasteiger partial charge in [0.25, 0.3) is 0 Å². The normalized spacial score (nSPS) is 8.64. The summed E-state index contributed by atoms with van der Waals surface area (Å²) in [5.74, 6) is 0. The van der Waals surface area contributed by atoms with Gasteiger partial charge in [-0.25, -0.2) is 0 Å². The predicted octanol–water partition coefficient (Wildman–Crippen LogP) is 2.16. The molecule has 0 amide bonds. The van der Waals surface area contributed by atoms with Crippen LogP contribution in [0.25, 0.3) is 0 Å². The molecular formula is C6H16BrNO2Zn. The summed E-state index contributed by atoms with van der Waals surface area (Å²) in [6.45, 7) is 6.05. The second-order valence-electron chi connectivity index (χ2n) is 2.92. The van der Waals surface area contributed by atoms with Crippen molar-refractivity contribution in [1.29, 1.82) is 0 Å². The largest absolute Gasteiger partial charge is 0.344 e. The first-order valence-corrected chi connectivity index (χ1v) is 6.45. The van der Waals surface area contributed by atoms with E-state index in [1.807, 2.05) is 20.8 Å². The molecule has 0 rings (SSSR count). The third kappa shape index (κ3) is 18.0. The van der Waals surface area contributed by atoms with E-state index in [0.717, 1.165) is 6.29 Å². The number of carbonyl (C=O) groups excluding carboxylic acids is 1. The van der Waals surface area contributed by atoms with Gasteiger partial charge in [-0.3, -0.25) is 0 Å². The maximum atomic E-state index is 9.86. The van der Waals surface area contributed by atoms with Crippen LogP contribution in [0.3, 0.4) is 0 Å². The van der Waals surface area contributed by atoms with Gasteiger partial charge in [0.05, 0.1) is 0 Å². The Morgan fingerprint density at radius 3 is 2.18 bits per heavy atom. The molecule has 0 unspecified atom stereocenters. The SMILES string of the molecule is Br.CC(C)(C)[O][Zn][CH2]C=O.N. The van der Waals surface area contributed by atoms with Crippen LogP contribution in [0.5, 0.6) is 0 Å². The molecule has 5 heteroatoms. The Labute approximate surface area is 86.6 Å². The minimum Gasteiger partial charge on any atom is -0.344 e. The van der Waals surface area contributed by atoms with Crippen LogP contribution in [0.2, 0.25) is 5.02 Å². The maximum absolute atomic E-state index is 9.86. The summed E-state index contributed by atoms with van der Waals surface area (Å²) < 4.78 is 5.43. The first-order valence-electron chi connectivity index (χ1n) is 3.14. The molecule has 66 valence electrons. The number of carbonyl (C=O) groups is 1. The number of hydrogen-bond acceptors (Lipinski definition) is 3. The number of aldehydes is 1. The van der Waals surface area contributed by atoms with Crippen molar-refractivity contribution in [2.45, 2.75) is 31.4 Å². The maximum Gasteiger partial charge on any atom is -0.344 e. The molecule has 0 aliphatic heterocycles. The smallest absolute Gasteiger partial charge is 0.344 e. The van der Waals surface area contributed by atoms with Crippen molar-refractivity contribution in [2.75, 3.05) is 0 Å². The Kier molecular flexibility index (Phi) is 14.1. The molecule has 0 fully saturated rings. The predicted molar refractivity (Wildman–Crippen MR) is 47.1 cm³/mol. The van der Waals surface area contributed by atoms with Crippen molar-refractivity contribution >= 4 is 23.3 Å². The van der Waals surface area contributed by atoms with Gasteiger partial charge in [-0.1, -0.05) is 0 Å². The molecular weight excluding hydrogens is 263 g/mol. The minimum atomic E-state index is -0.944. The standard InChI is InChI=1S/C4H9O.C2H3O.BrH.H3N.Zn/c1-4(2,3)5;1-2-3;;;/h1-3H3;2H,1H2;1H;1H3;/q-1;;;;+1. The second kappa shape index (κ2) is 8.79. The number of halogens is 1. The van der Waals surface area contributed by atoms with Gasteiger partial charge >= 0.3 is 63.5 Å². The second-order valence-corrected chi connectivity index (χ2v) is 5.59. The Hall–Kier alpha value is 0.693. The van der Waals surface area contributed by atoms with Gasteiger partial charge < -0.3 is 6.15 Å². The molecule has 0 bridgehead atoms. The Morgan fingerprint density at radius 2 is 1.91 bits per heavy atom. The van der Waals surface area contributed by atoms with E-state index in [1.165, 1.54) is 0 Å². The van der Waals surface area contributed by atoms with Gasteiger partial charge in [-0.2, -0.15) is 0 Å². The first-order chi connectivity index (χ1) is 4.06. The molecule has 3 nitrogen and oxygen atoms in total. The summed E-state index contributed by atoms with van der Waals surface area (Å²) in [4.78, 5) is 9.86. The summed E-state index contributed by atoms with van der Waals surface area (Å²) in [6.07, 6.45) is 0.950. The minimum absolute atomic E-state index is 0. The van der Waals surface area contributed by atoms with Gasteiger partial charge in [0.15, 0.2) is 0 Å². The van der Waals surface area contributed by atoms with Crippen molar-refractivity contribution in [2.24, 2.45) is 0 Å². The molecule has 0 heterocycles. The van der Waals surface area contributed by atoms with E-state index in [4.69, 9.17) is 3.56 Å². The van der Waals surface area contributed by atoms with E-state index in [-0.39, 0.29) is 28.7 Å². The van der Waals surface area contributed by atoms with Crippen LogP contribution >= 0.6 is 17.0 Å². The molecule has 0 aromatic heterocycles. The molecule has 0 saturated carbocycles. The zero-order chi connectivity index (χ0) is 7.33. The quantitative estimate of drug-likeness (QED) is 0.489. The zero-order valence-corrected chi connectivity index (χ0v) is 12.1. The number of hydrogen-bond donors (Lipinski definition) is 1. The first kappa shape index (κ1) is 17.7. The molecule has 0 aromatic rings. The van der Waals surface area contributed by atoms with Crippen molar-refractivity contribution < 1.29 is 25.8 Å². The summed E-state index contributed by atoms with van der Waals surface area (Å²) in [5, 5.41) is 0.685. The fourth-order valence-corrected chi connectivity index (χ4v) is 2.15. The van der Waals surface area contributed by atoms with Gasteiger partial charge in [0, 0.05) is 0 Å². The Morgan fingerprint density at radius 1 is 1.45 bits per heavy atom. The third-order valence-electron chi connectivity index (χ3n) is 0.771. The van der Waals surface area contributed by atoms with Crippen LogP contribution in [0, 0.1) is 0 Å². The molecule has 0 aliphatic carbocycles. The van der Waals surface area contributed by atoms with E-state index < -0.39 is 17.5 Å². The van der Waals surface area contributed by atoms with Crippen LogP contribution < -0.4 is 6.15 Å². The molecule has 0 spiro atoms. The average Bonchev–Trinajstić information content (AvgIpc) is 1.63. The summed E-state index contributed by atoms with van der Waals surface area (Å²) in [5.41, 5.74) is -0.0248. The van der Waals surface area contributed by atoms with Crippen molar-refractivity contribution in [3.63, 3.8) is 0 Å². The average molecular weight is 279 g/mol. The Bertz CT molecular complexity index is 95.1. The summed E-state index contributed by atoms with van der Waals surface area (Å²) in [7, 11) is 0. The van der Waals surface area contributed by atoms with Crippen LogP contribution in [-0.4, -0.2) is 11.9 Å². The molecule has 11 heavy (non-hydrogen) atoms.